The topological polar surface area (TPSA) is 71.5 Å². The summed E-state index contributed by atoms with van der Waals surface area (Å²) in [6.07, 6.45) is -3.87. The van der Waals surface area contributed by atoms with Crippen LogP contribution in [0.2, 0.25) is 0 Å². The van der Waals surface area contributed by atoms with Gasteiger partial charge in [-0.15, -0.1) is 0 Å². The summed E-state index contributed by atoms with van der Waals surface area (Å²) in [6.45, 7) is 1.95. The lowest BCUT2D eigenvalue weighted by Gasteiger charge is -2.31. The highest BCUT2D eigenvalue weighted by molar-refractivity contribution is 5.95. The van der Waals surface area contributed by atoms with Crippen LogP contribution in [0.15, 0.2) is 36.7 Å². The molecule has 1 saturated heterocycles. The van der Waals surface area contributed by atoms with E-state index >= 15 is 0 Å². The molecule has 0 radical (unpaired) electrons. The van der Waals surface area contributed by atoms with Crippen molar-refractivity contribution in [1.29, 1.82) is 0 Å². The summed E-state index contributed by atoms with van der Waals surface area (Å²) in [5.41, 5.74) is -2.90. The summed E-state index contributed by atoms with van der Waals surface area (Å²) in [4.78, 5) is 16.5. The number of carbonyl (C=O) groups excluding carboxylic acids is 1. The van der Waals surface area contributed by atoms with Crippen LogP contribution in [0.25, 0.3) is 0 Å². The number of hydrogen-bond acceptors (Lipinski definition) is 4. The van der Waals surface area contributed by atoms with Crippen LogP contribution in [0.4, 0.5) is 27.6 Å². The van der Waals surface area contributed by atoms with E-state index in [0.717, 1.165) is 13.0 Å². The number of alkyl halides is 3. The van der Waals surface area contributed by atoms with Gasteiger partial charge in [-0.25, -0.2) is 4.39 Å². The van der Waals surface area contributed by atoms with Crippen molar-refractivity contribution in [2.24, 2.45) is 5.92 Å². The van der Waals surface area contributed by atoms with E-state index in [1.165, 1.54) is 31.5 Å². The number of rotatable bonds is 3. The van der Waals surface area contributed by atoms with Crippen molar-refractivity contribution in [3.63, 3.8) is 0 Å². The maximum atomic E-state index is 13.9. The average molecular weight is 416 g/mol. The van der Waals surface area contributed by atoms with E-state index in [9.17, 15) is 31.9 Å². The van der Waals surface area contributed by atoms with Crippen molar-refractivity contribution in [2.45, 2.75) is 37.6 Å². The van der Waals surface area contributed by atoms with Gasteiger partial charge in [-0.1, -0.05) is 13.0 Å². The SMILES string of the molecule is C[C@H]1[C@@H](c2ccc(F)c(F)c2O)[C@H](C(=O)Nc2cccnc2)O[C@@]1(C)C(F)(F)F. The van der Waals surface area contributed by atoms with Gasteiger partial charge in [0.1, 0.15) is 6.10 Å². The van der Waals surface area contributed by atoms with Crippen molar-refractivity contribution < 1.29 is 36.6 Å². The van der Waals surface area contributed by atoms with E-state index < -0.39 is 53.0 Å². The van der Waals surface area contributed by atoms with E-state index in [-0.39, 0.29) is 11.3 Å². The second kappa shape index (κ2) is 7.25. The molecule has 1 aromatic carbocycles. The minimum atomic E-state index is -4.86. The lowest BCUT2D eigenvalue weighted by molar-refractivity contribution is -0.272. The molecule has 2 heterocycles. The number of aromatic hydroxyl groups is 1. The van der Waals surface area contributed by atoms with E-state index in [1.54, 1.807) is 0 Å². The molecule has 3 rings (SSSR count). The highest BCUT2D eigenvalue weighted by Gasteiger charge is 2.65. The molecular formula is C19H17F5N2O3. The summed E-state index contributed by atoms with van der Waals surface area (Å²) in [6, 6.07) is 4.60. The number of halogens is 5. The highest BCUT2D eigenvalue weighted by Crippen LogP contribution is 2.54. The second-order valence-corrected chi connectivity index (χ2v) is 6.99. The van der Waals surface area contributed by atoms with Gasteiger partial charge in [-0.3, -0.25) is 9.78 Å². The Morgan fingerprint density at radius 3 is 2.55 bits per heavy atom. The van der Waals surface area contributed by atoms with Crippen LogP contribution in [0, 0.1) is 17.6 Å². The van der Waals surface area contributed by atoms with Crippen LogP contribution < -0.4 is 5.32 Å². The van der Waals surface area contributed by atoms with Crippen LogP contribution in [0.3, 0.4) is 0 Å². The molecule has 1 aromatic heterocycles. The molecule has 29 heavy (non-hydrogen) atoms. The molecule has 10 heteroatoms. The zero-order chi connectivity index (χ0) is 21.6. The Labute approximate surface area is 162 Å². The number of benzene rings is 1. The van der Waals surface area contributed by atoms with Crippen molar-refractivity contribution >= 4 is 11.6 Å². The Morgan fingerprint density at radius 1 is 1.28 bits per heavy atom. The Bertz CT molecular complexity index is 922. The standard InChI is InChI=1S/C19H17F5N2O3/c1-9-13(11-5-6-12(20)14(21)15(11)27)16(29-18(9,2)19(22,23)24)17(28)26-10-4-3-7-25-8-10/h3-9,13,16,27H,1-2H3,(H,26,28)/t9-,13-,16+,18+/m0/s1. The molecule has 1 aliphatic heterocycles. The molecule has 1 amide bonds. The molecule has 1 aliphatic rings. The van der Waals surface area contributed by atoms with Gasteiger partial charge in [0.05, 0.1) is 11.9 Å². The van der Waals surface area contributed by atoms with E-state index in [4.69, 9.17) is 4.74 Å². The molecule has 2 aromatic rings. The van der Waals surface area contributed by atoms with Gasteiger partial charge >= 0.3 is 6.18 Å². The first-order chi connectivity index (χ1) is 13.5. The third-order valence-corrected chi connectivity index (χ3v) is 5.32. The van der Waals surface area contributed by atoms with Gasteiger partial charge in [0, 0.05) is 23.6 Å². The normalized spacial score (nSPS) is 27.1. The van der Waals surface area contributed by atoms with Crippen LogP contribution in [0.1, 0.15) is 25.3 Å². The molecule has 5 nitrogen and oxygen atoms in total. The van der Waals surface area contributed by atoms with Crippen molar-refractivity contribution in [2.75, 3.05) is 5.32 Å². The van der Waals surface area contributed by atoms with Crippen LogP contribution in [-0.2, 0) is 9.53 Å². The fourth-order valence-corrected chi connectivity index (χ4v) is 3.50. The van der Waals surface area contributed by atoms with Crippen molar-refractivity contribution in [3.8, 4) is 5.75 Å². The molecule has 4 atom stereocenters. The number of phenolic OH excluding ortho intramolecular Hbond substituents is 1. The number of carbonyl (C=O) groups is 1. The molecule has 1 fully saturated rings. The van der Waals surface area contributed by atoms with Gasteiger partial charge < -0.3 is 15.2 Å². The second-order valence-electron chi connectivity index (χ2n) is 6.99. The maximum absolute atomic E-state index is 13.9. The predicted molar refractivity (Wildman–Crippen MR) is 92.1 cm³/mol. The van der Waals surface area contributed by atoms with Crippen LogP contribution >= 0.6 is 0 Å². The number of ether oxygens (including phenoxy) is 1. The fraction of sp³-hybridized carbons (Fsp3) is 0.368. The Hall–Kier alpha value is -2.75. The van der Waals surface area contributed by atoms with E-state index in [0.29, 0.717) is 6.07 Å². The fourth-order valence-electron chi connectivity index (χ4n) is 3.50. The average Bonchev–Trinajstić information content (AvgIpc) is 2.93. The first kappa shape index (κ1) is 21.0. The lowest BCUT2D eigenvalue weighted by atomic mass is 9.77. The molecule has 0 saturated carbocycles. The Balaban J connectivity index is 2.06. The number of pyridine rings is 1. The molecule has 0 bridgehead atoms. The van der Waals surface area contributed by atoms with Gasteiger partial charge in [0.25, 0.3) is 5.91 Å². The Morgan fingerprint density at radius 2 is 1.97 bits per heavy atom. The van der Waals surface area contributed by atoms with Gasteiger partial charge in [0.15, 0.2) is 17.2 Å². The van der Waals surface area contributed by atoms with Crippen molar-refractivity contribution in [1.82, 2.24) is 4.98 Å². The molecule has 0 spiro atoms. The largest absolute Gasteiger partial charge is 0.505 e. The minimum absolute atomic E-state index is 0.211. The molecule has 0 aliphatic carbocycles. The number of phenols is 1. The third kappa shape index (κ3) is 3.52. The Kier molecular flexibility index (Phi) is 5.24. The highest BCUT2D eigenvalue weighted by atomic mass is 19.4. The third-order valence-electron chi connectivity index (χ3n) is 5.32. The van der Waals surface area contributed by atoms with Gasteiger partial charge in [0.2, 0.25) is 5.82 Å². The number of nitrogens with zero attached hydrogens (tertiary/aromatic N) is 1. The zero-order valence-electron chi connectivity index (χ0n) is 15.3. The monoisotopic (exact) mass is 416 g/mol. The smallest absolute Gasteiger partial charge is 0.417 e. The quantitative estimate of drug-likeness (QED) is 0.738. The van der Waals surface area contributed by atoms with Gasteiger partial charge in [-0.2, -0.15) is 17.6 Å². The summed E-state index contributed by atoms with van der Waals surface area (Å²) in [7, 11) is 0. The van der Waals surface area contributed by atoms with Crippen molar-refractivity contribution in [3.05, 3.63) is 53.9 Å². The minimum Gasteiger partial charge on any atom is -0.505 e. The summed E-state index contributed by atoms with van der Waals surface area (Å²) >= 11 is 0. The molecule has 2 N–H and O–H groups in total. The van der Waals surface area contributed by atoms with Crippen LogP contribution in [-0.4, -0.2) is 33.9 Å². The van der Waals surface area contributed by atoms with E-state index in [2.05, 4.69) is 10.3 Å². The number of hydrogen-bond donors (Lipinski definition) is 2. The summed E-state index contributed by atoms with van der Waals surface area (Å²) in [5, 5.41) is 12.4. The maximum Gasteiger partial charge on any atom is 0.417 e. The predicted octanol–water partition coefficient (Wildman–Crippen LogP) is 4.14. The first-order valence-electron chi connectivity index (χ1n) is 8.59. The number of amides is 1. The zero-order valence-corrected chi connectivity index (χ0v) is 15.3. The van der Waals surface area contributed by atoms with Gasteiger partial charge in [-0.05, 0) is 25.1 Å². The number of nitrogens with one attached hydrogen (secondary N) is 1. The first-order valence-corrected chi connectivity index (χ1v) is 8.59. The summed E-state index contributed by atoms with van der Waals surface area (Å²) in [5.74, 6) is -7.87. The molecular weight excluding hydrogens is 399 g/mol. The molecule has 156 valence electrons. The summed E-state index contributed by atoms with van der Waals surface area (Å²) < 4.78 is 73.6. The molecule has 0 unspecified atom stereocenters. The van der Waals surface area contributed by atoms with E-state index in [1.807, 2.05) is 0 Å². The van der Waals surface area contributed by atoms with Crippen LogP contribution in [0.5, 0.6) is 5.75 Å². The number of anilines is 1. The number of aromatic nitrogens is 1. The lowest BCUT2D eigenvalue weighted by Crippen LogP contribution is -2.47.